The third-order valence-corrected chi connectivity index (χ3v) is 4.41. The van der Waals surface area contributed by atoms with Crippen LogP contribution in [0.25, 0.3) is 0 Å². The number of hydrogen-bond donors (Lipinski definition) is 0. The zero-order chi connectivity index (χ0) is 15.9. The lowest BCUT2D eigenvalue weighted by molar-refractivity contribution is 0.0712. The maximum Gasteiger partial charge on any atom is 0.259 e. The molecular formula is C15H14Cl2N2O3. The van der Waals surface area contributed by atoms with Crippen LogP contribution >= 0.6 is 23.2 Å². The van der Waals surface area contributed by atoms with Gasteiger partial charge in [0.05, 0.1) is 29.4 Å². The van der Waals surface area contributed by atoms with Crippen molar-refractivity contribution in [2.24, 2.45) is 0 Å². The van der Waals surface area contributed by atoms with Crippen LogP contribution in [0.5, 0.6) is 5.75 Å². The Kier molecular flexibility index (Phi) is 4.02. The molecule has 0 bridgehead atoms. The zero-order valence-electron chi connectivity index (χ0n) is 12.2. The Labute approximate surface area is 137 Å². The molecule has 1 aromatic heterocycles. The zero-order valence-corrected chi connectivity index (χ0v) is 13.7. The van der Waals surface area contributed by atoms with Crippen molar-refractivity contribution in [2.75, 3.05) is 13.7 Å². The summed E-state index contributed by atoms with van der Waals surface area (Å²) < 4.78 is 10.5. The number of benzene rings is 1. The van der Waals surface area contributed by atoms with Crippen molar-refractivity contribution >= 4 is 29.1 Å². The Hall–Kier alpha value is -1.72. The Morgan fingerprint density at radius 1 is 1.36 bits per heavy atom. The first-order chi connectivity index (χ1) is 10.5. The second-order valence-electron chi connectivity index (χ2n) is 5.08. The molecule has 1 aliphatic rings. The first kappa shape index (κ1) is 15.2. The highest BCUT2D eigenvalue weighted by molar-refractivity contribution is 6.37. The first-order valence-electron chi connectivity index (χ1n) is 6.78. The topological polar surface area (TPSA) is 55.6 Å². The minimum Gasteiger partial charge on any atom is -0.494 e. The largest absolute Gasteiger partial charge is 0.494 e. The van der Waals surface area contributed by atoms with Gasteiger partial charge in [-0.25, -0.2) is 0 Å². The summed E-state index contributed by atoms with van der Waals surface area (Å²) in [4.78, 5) is 14.5. The highest BCUT2D eigenvalue weighted by Gasteiger charge is 2.29. The molecule has 5 nitrogen and oxygen atoms in total. The number of aryl methyl sites for hydroxylation is 1. The van der Waals surface area contributed by atoms with Gasteiger partial charge in [0.2, 0.25) is 0 Å². The molecule has 0 atom stereocenters. The van der Waals surface area contributed by atoms with E-state index in [4.69, 9.17) is 32.5 Å². The summed E-state index contributed by atoms with van der Waals surface area (Å²) in [5.74, 6) is 0.775. The highest BCUT2D eigenvalue weighted by atomic mass is 35.5. The number of aromatic nitrogens is 1. The van der Waals surface area contributed by atoms with Crippen LogP contribution in [0.2, 0.25) is 10.0 Å². The van der Waals surface area contributed by atoms with Crippen molar-refractivity contribution in [3.63, 3.8) is 0 Å². The van der Waals surface area contributed by atoms with Crippen molar-refractivity contribution in [3.05, 3.63) is 44.8 Å². The van der Waals surface area contributed by atoms with Crippen molar-refractivity contribution in [2.45, 2.75) is 19.9 Å². The van der Waals surface area contributed by atoms with Crippen molar-refractivity contribution in [1.82, 2.24) is 10.1 Å². The van der Waals surface area contributed by atoms with E-state index in [1.54, 1.807) is 17.0 Å². The molecule has 7 heteroatoms. The molecule has 2 aromatic rings. The van der Waals surface area contributed by atoms with Gasteiger partial charge in [-0.1, -0.05) is 28.4 Å². The summed E-state index contributed by atoms with van der Waals surface area (Å²) in [5.41, 5.74) is 2.23. The van der Waals surface area contributed by atoms with Crippen LogP contribution in [0, 0.1) is 6.92 Å². The number of hydrogen-bond acceptors (Lipinski definition) is 4. The van der Waals surface area contributed by atoms with Crippen LogP contribution in [0.1, 0.15) is 27.4 Å². The fraction of sp³-hybridized carbons (Fsp3) is 0.333. The number of rotatable bonds is 2. The molecule has 116 valence electrons. The molecule has 0 fully saturated rings. The third kappa shape index (κ3) is 2.44. The summed E-state index contributed by atoms with van der Waals surface area (Å²) in [6, 6.07) is 3.20. The van der Waals surface area contributed by atoms with E-state index in [0.717, 1.165) is 11.3 Å². The number of halogens is 2. The highest BCUT2D eigenvalue weighted by Crippen LogP contribution is 2.35. The molecule has 0 spiro atoms. The fourth-order valence-electron chi connectivity index (χ4n) is 2.64. The van der Waals surface area contributed by atoms with Gasteiger partial charge in [0.25, 0.3) is 5.91 Å². The predicted molar refractivity (Wildman–Crippen MR) is 82.7 cm³/mol. The van der Waals surface area contributed by atoms with Gasteiger partial charge in [-0.15, -0.1) is 0 Å². The van der Waals surface area contributed by atoms with Crippen LogP contribution in [-0.4, -0.2) is 29.6 Å². The molecule has 2 heterocycles. The van der Waals surface area contributed by atoms with Gasteiger partial charge < -0.3 is 14.2 Å². The molecule has 0 saturated heterocycles. The number of methoxy groups -OCH3 is 1. The van der Waals surface area contributed by atoms with E-state index in [9.17, 15) is 4.79 Å². The van der Waals surface area contributed by atoms with E-state index in [1.807, 2.05) is 6.92 Å². The summed E-state index contributed by atoms with van der Waals surface area (Å²) in [6.07, 6.45) is 0.705. The molecule has 22 heavy (non-hydrogen) atoms. The van der Waals surface area contributed by atoms with Crippen molar-refractivity contribution < 1.29 is 14.1 Å². The molecule has 0 N–H and O–H groups in total. The Morgan fingerprint density at radius 2 is 2.09 bits per heavy atom. The quantitative estimate of drug-likeness (QED) is 0.839. The maximum atomic E-state index is 12.8. The molecule has 1 aromatic carbocycles. The van der Waals surface area contributed by atoms with E-state index >= 15 is 0 Å². The molecule has 0 radical (unpaired) electrons. The van der Waals surface area contributed by atoms with Crippen molar-refractivity contribution in [1.29, 1.82) is 0 Å². The summed E-state index contributed by atoms with van der Waals surface area (Å²) in [7, 11) is 1.46. The molecule has 0 saturated carbocycles. The number of carbonyl (C=O) groups is 1. The lowest BCUT2D eigenvalue weighted by Crippen LogP contribution is -2.36. The average Bonchev–Trinajstić information content (AvgIpc) is 2.89. The molecule has 0 aliphatic carbocycles. The number of ether oxygens (including phenoxy) is 1. The van der Waals surface area contributed by atoms with Crippen LogP contribution in [0.3, 0.4) is 0 Å². The second-order valence-corrected chi connectivity index (χ2v) is 5.90. The van der Waals surface area contributed by atoms with Gasteiger partial charge in [-0.2, -0.15) is 0 Å². The number of amides is 1. The summed E-state index contributed by atoms with van der Waals surface area (Å²) in [5, 5.41) is 4.61. The second kappa shape index (κ2) is 5.82. The minimum atomic E-state index is -0.232. The van der Waals surface area contributed by atoms with Gasteiger partial charge in [0.1, 0.15) is 5.56 Å². The SMILES string of the molecule is COc1c(Cl)ccc(Cl)c1C(=O)N1CCc2c(C)noc2C1. The lowest BCUT2D eigenvalue weighted by atomic mass is 10.0. The van der Waals surface area contributed by atoms with E-state index in [2.05, 4.69) is 5.16 Å². The predicted octanol–water partition coefficient (Wildman–Crippen LogP) is 3.50. The van der Waals surface area contributed by atoms with E-state index in [0.29, 0.717) is 41.1 Å². The number of fused-ring (bicyclic) bond motifs is 1. The molecule has 3 rings (SSSR count). The van der Waals surface area contributed by atoms with E-state index < -0.39 is 0 Å². The summed E-state index contributed by atoms with van der Waals surface area (Å²) in [6.45, 7) is 2.83. The average molecular weight is 341 g/mol. The smallest absolute Gasteiger partial charge is 0.259 e. The maximum absolute atomic E-state index is 12.8. The van der Waals surface area contributed by atoms with Crippen LogP contribution in [0.4, 0.5) is 0 Å². The van der Waals surface area contributed by atoms with Crippen LogP contribution in [0.15, 0.2) is 16.7 Å². The normalized spacial score (nSPS) is 13.9. The van der Waals surface area contributed by atoms with E-state index in [-0.39, 0.29) is 11.5 Å². The Morgan fingerprint density at radius 3 is 2.82 bits per heavy atom. The van der Waals surface area contributed by atoms with Gasteiger partial charge >= 0.3 is 0 Å². The number of nitrogens with zero attached hydrogens (tertiary/aromatic N) is 2. The van der Waals surface area contributed by atoms with Crippen LogP contribution in [-0.2, 0) is 13.0 Å². The van der Waals surface area contributed by atoms with Gasteiger partial charge in [0.15, 0.2) is 11.5 Å². The van der Waals surface area contributed by atoms with E-state index in [1.165, 1.54) is 7.11 Å². The summed E-state index contributed by atoms with van der Waals surface area (Å²) >= 11 is 12.3. The van der Waals surface area contributed by atoms with Gasteiger partial charge in [0, 0.05) is 12.1 Å². The van der Waals surface area contributed by atoms with Gasteiger partial charge in [-0.05, 0) is 25.5 Å². The van der Waals surface area contributed by atoms with Crippen LogP contribution < -0.4 is 4.74 Å². The lowest BCUT2D eigenvalue weighted by Gasteiger charge is -2.26. The fourth-order valence-corrected chi connectivity index (χ4v) is 3.11. The first-order valence-corrected chi connectivity index (χ1v) is 7.53. The van der Waals surface area contributed by atoms with Gasteiger partial charge in [-0.3, -0.25) is 4.79 Å². The number of carbonyl (C=O) groups excluding carboxylic acids is 1. The van der Waals surface area contributed by atoms with Crippen molar-refractivity contribution in [3.8, 4) is 5.75 Å². The molecule has 1 amide bonds. The Bertz CT molecular complexity index is 743. The molecule has 0 unspecified atom stereocenters. The third-order valence-electron chi connectivity index (χ3n) is 3.80. The standard InChI is InChI=1S/C15H14Cl2N2O3/c1-8-9-5-6-19(7-12(9)22-18-8)15(20)13-10(16)3-4-11(17)14(13)21-2/h3-4H,5-7H2,1-2H3. The monoisotopic (exact) mass is 340 g/mol. The Balaban J connectivity index is 1.94. The molecular weight excluding hydrogens is 327 g/mol. The molecule has 1 aliphatic heterocycles. The minimum absolute atomic E-state index is 0.232.